The number of anilines is 1. The summed E-state index contributed by atoms with van der Waals surface area (Å²) >= 11 is 1.58. The minimum Gasteiger partial charge on any atom is -0.349 e. The summed E-state index contributed by atoms with van der Waals surface area (Å²) in [7, 11) is 0. The number of fused-ring (bicyclic) bond motifs is 1. The Morgan fingerprint density at radius 3 is 2.94 bits per heavy atom. The highest BCUT2D eigenvalue weighted by molar-refractivity contribution is 7.07. The second-order valence-electron chi connectivity index (χ2n) is 4.18. The summed E-state index contributed by atoms with van der Waals surface area (Å²) in [6.07, 6.45) is -2.56. The number of hydrogen-bond acceptors (Lipinski definition) is 3. The molecule has 1 aliphatic heterocycles. The number of imidazole rings is 1. The zero-order chi connectivity index (χ0) is 12.8. The average molecular weight is 273 g/mol. The molecule has 0 bridgehead atoms. The number of aromatic nitrogens is 2. The second kappa shape index (κ2) is 4.01. The van der Waals surface area contributed by atoms with Crippen molar-refractivity contribution in [2.75, 3.05) is 5.32 Å². The standard InChI is InChI=1S/C11H10F3N3S/c12-11(13,14)9-5-17-3-1-8(15-10(17)16-9)7-2-4-18-6-7/h2,4-6,8H,1,3H2,(H,15,16). The van der Waals surface area contributed by atoms with Gasteiger partial charge in [0.25, 0.3) is 0 Å². The predicted octanol–water partition coefficient (Wildman–Crippen LogP) is 3.52. The number of rotatable bonds is 1. The van der Waals surface area contributed by atoms with Gasteiger partial charge >= 0.3 is 6.18 Å². The molecule has 0 saturated carbocycles. The van der Waals surface area contributed by atoms with Gasteiger partial charge in [0, 0.05) is 12.7 Å². The molecule has 96 valence electrons. The van der Waals surface area contributed by atoms with E-state index in [0.717, 1.165) is 18.2 Å². The number of thiophene rings is 1. The van der Waals surface area contributed by atoms with Crippen molar-refractivity contribution in [3.8, 4) is 0 Å². The fourth-order valence-electron chi connectivity index (χ4n) is 2.06. The highest BCUT2D eigenvalue weighted by Gasteiger charge is 2.35. The fraction of sp³-hybridized carbons (Fsp3) is 0.364. The van der Waals surface area contributed by atoms with Crippen LogP contribution in [-0.4, -0.2) is 9.55 Å². The van der Waals surface area contributed by atoms with Crippen molar-refractivity contribution in [1.29, 1.82) is 0 Å². The third kappa shape index (κ3) is 1.98. The van der Waals surface area contributed by atoms with Crippen LogP contribution < -0.4 is 5.32 Å². The molecular formula is C11H10F3N3S. The molecular weight excluding hydrogens is 263 g/mol. The minimum atomic E-state index is -4.39. The smallest absolute Gasteiger partial charge is 0.349 e. The molecule has 1 N–H and O–H groups in total. The second-order valence-corrected chi connectivity index (χ2v) is 4.96. The largest absolute Gasteiger partial charge is 0.434 e. The molecule has 1 aliphatic rings. The zero-order valence-corrected chi connectivity index (χ0v) is 10.1. The Hall–Kier alpha value is -1.50. The van der Waals surface area contributed by atoms with E-state index in [2.05, 4.69) is 10.3 Å². The van der Waals surface area contributed by atoms with Crippen molar-refractivity contribution >= 4 is 17.3 Å². The summed E-state index contributed by atoms with van der Waals surface area (Å²) < 4.78 is 39.1. The Balaban J connectivity index is 1.87. The quantitative estimate of drug-likeness (QED) is 0.861. The molecule has 0 aliphatic carbocycles. The number of nitrogens with zero attached hydrogens (tertiary/aromatic N) is 2. The van der Waals surface area contributed by atoms with Crippen LogP contribution >= 0.6 is 11.3 Å². The molecule has 2 aromatic heterocycles. The molecule has 7 heteroatoms. The van der Waals surface area contributed by atoms with Gasteiger partial charge in [-0.3, -0.25) is 0 Å². The normalized spacial score (nSPS) is 19.4. The van der Waals surface area contributed by atoms with Gasteiger partial charge in [0.15, 0.2) is 5.69 Å². The first-order chi connectivity index (χ1) is 8.54. The van der Waals surface area contributed by atoms with Gasteiger partial charge in [0.1, 0.15) is 0 Å². The van der Waals surface area contributed by atoms with E-state index in [0.29, 0.717) is 12.5 Å². The average Bonchev–Trinajstić information content (AvgIpc) is 2.96. The van der Waals surface area contributed by atoms with Crippen LogP contribution in [0.4, 0.5) is 19.1 Å². The van der Waals surface area contributed by atoms with Crippen molar-refractivity contribution in [2.24, 2.45) is 0 Å². The Bertz CT molecular complexity index is 544. The number of alkyl halides is 3. The van der Waals surface area contributed by atoms with E-state index in [9.17, 15) is 13.2 Å². The van der Waals surface area contributed by atoms with Gasteiger partial charge in [-0.25, -0.2) is 4.98 Å². The molecule has 3 heterocycles. The number of aryl methyl sites for hydroxylation is 1. The van der Waals surface area contributed by atoms with E-state index in [1.807, 2.05) is 16.8 Å². The highest BCUT2D eigenvalue weighted by atomic mass is 32.1. The Kier molecular flexibility index (Phi) is 2.58. The molecule has 3 rings (SSSR count). The summed E-state index contributed by atoms with van der Waals surface area (Å²) in [6.45, 7) is 0.548. The maximum atomic E-state index is 12.5. The first-order valence-corrected chi connectivity index (χ1v) is 6.41. The summed E-state index contributed by atoms with van der Waals surface area (Å²) in [5.74, 6) is 0.296. The number of hydrogen-bond donors (Lipinski definition) is 1. The van der Waals surface area contributed by atoms with E-state index < -0.39 is 11.9 Å². The molecule has 0 spiro atoms. The van der Waals surface area contributed by atoms with Crippen molar-refractivity contribution in [3.63, 3.8) is 0 Å². The monoisotopic (exact) mass is 273 g/mol. The molecule has 1 unspecified atom stereocenters. The maximum Gasteiger partial charge on any atom is 0.434 e. The van der Waals surface area contributed by atoms with Crippen LogP contribution in [0.5, 0.6) is 0 Å². The third-order valence-electron chi connectivity index (χ3n) is 2.97. The lowest BCUT2D eigenvalue weighted by Gasteiger charge is -2.24. The number of nitrogens with one attached hydrogen (secondary N) is 1. The molecule has 0 aromatic carbocycles. The van der Waals surface area contributed by atoms with Gasteiger partial charge in [0.05, 0.1) is 6.04 Å². The van der Waals surface area contributed by atoms with Crippen LogP contribution in [0.15, 0.2) is 23.0 Å². The SMILES string of the molecule is FC(F)(F)c1cn2c(n1)NC(c1ccsc1)CC2. The molecule has 0 fully saturated rings. The van der Waals surface area contributed by atoms with E-state index in [1.165, 1.54) is 4.57 Å². The van der Waals surface area contributed by atoms with Crippen molar-refractivity contribution in [2.45, 2.75) is 25.2 Å². The molecule has 0 radical (unpaired) electrons. The van der Waals surface area contributed by atoms with Gasteiger partial charge in [-0.15, -0.1) is 0 Å². The van der Waals surface area contributed by atoms with Crippen molar-refractivity contribution in [1.82, 2.24) is 9.55 Å². The van der Waals surface area contributed by atoms with Gasteiger partial charge in [-0.1, -0.05) is 0 Å². The summed E-state index contributed by atoms with van der Waals surface area (Å²) in [5, 5.41) is 7.01. The fourth-order valence-corrected chi connectivity index (χ4v) is 2.77. The van der Waals surface area contributed by atoms with Gasteiger partial charge in [-0.2, -0.15) is 24.5 Å². The molecule has 18 heavy (non-hydrogen) atoms. The van der Waals surface area contributed by atoms with Crippen LogP contribution in [0.2, 0.25) is 0 Å². The van der Waals surface area contributed by atoms with Gasteiger partial charge in [0.2, 0.25) is 5.95 Å². The summed E-state index contributed by atoms with van der Waals surface area (Å²) in [5.41, 5.74) is 0.263. The maximum absolute atomic E-state index is 12.5. The van der Waals surface area contributed by atoms with Crippen LogP contribution in [-0.2, 0) is 12.7 Å². The highest BCUT2D eigenvalue weighted by Crippen LogP contribution is 2.34. The molecule has 0 saturated heterocycles. The summed E-state index contributed by atoms with van der Waals surface area (Å²) in [4.78, 5) is 3.61. The Labute approximate surface area is 105 Å². The van der Waals surface area contributed by atoms with E-state index >= 15 is 0 Å². The first kappa shape index (κ1) is 11.6. The predicted molar refractivity (Wildman–Crippen MR) is 62.5 cm³/mol. The molecule has 3 nitrogen and oxygen atoms in total. The minimum absolute atomic E-state index is 0.0484. The third-order valence-corrected chi connectivity index (χ3v) is 3.68. The van der Waals surface area contributed by atoms with Crippen LogP contribution in [0, 0.1) is 0 Å². The zero-order valence-electron chi connectivity index (χ0n) is 9.24. The van der Waals surface area contributed by atoms with Crippen LogP contribution in [0.25, 0.3) is 0 Å². The first-order valence-electron chi connectivity index (χ1n) is 5.47. The number of halogens is 3. The van der Waals surface area contributed by atoms with Crippen LogP contribution in [0.1, 0.15) is 23.7 Å². The van der Waals surface area contributed by atoms with E-state index in [1.54, 1.807) is 11.3 Å². The van der Waals surface area contributed by atoms with Crippen molar-refractivity contribution in [3.05, 3.63) is 34.3 Å². The van der Waals surface area contributed by atoms with Crippen molar-refractivity contribution < 1.29 is 13.2 Å². The van der Waals surface area contributed by atoms with Gasteiger partial charge in [-0.05, 0) is 28.8 Å². The molecule has 2 aromatic rings. The van der Waals surface area contributed by atoms with Gasteiger partial charge < -0.3 is 9.88 Å². The lowest BCUT2D eigenvalue weighted by molar-refractivity contribution is -0.140. The van der Waals surface area contributed by atoms with E-state index in [4.69, 9.17) is 0 Å². The Morgan fingerprint density at radius 1 is 1.44 bits per heavy atom. The Morgan fingerprint density at radius 2 is 2.28 bits per heavy atom. The molecule has 0 amide bonds. The lowest BCUT2D eigenvalue weighted by atomic mass is 10.1. The summed E-state index contributed by atoms with van der Waals surface area (Å²) in [6, 6.07) is 2.03. The van der Waals surface area contributed by atoms with E-state index in [-0.39, 0.29) is 6.04 Å². The topological polar surface area (TPSA) is 29.9 Å². The van der Waals surface area contributed by atoms with Crippen LogP contribution in [0.3, 0.4) is 0 Å². The lowest BCUT2D eigenvalue weighted by Crippen LogP contribution is -2.21. The molecule has 1 atom stereocenters.